The summed E-state index contributed by atoms with van der Waals surface area (Å²) in [6.45, 7) is 2.56. The molecule has 1 atom stereocenters. The molecule has 11 heteroatoms. The number of methoxy groups -OCH3 is 1. The van der Waals surface area contributed by atoms with Gasteiger partial charge in [0.1, 0.15) is 18.1 Å². The van der Waals surface area contributed by atoms with Crippen LogP contribution in [0.1, 0.15) is 87.1 Å². The van der Waals surface area contributed by atoms with Crippen LogP contribution >= 0.6 is 0 Å². The summed E-state index contributed by atoms with van der Waals surface area (Å²) in [7, 11) is 1.58. The van der Waals surface area contributed by atoms with Crippen LogP contribution in [0, 0.1) is 0 Å². The van der Waals surface area contributed by atoms with Crippen molar-refractivity contribution >= 4 is 29.8 Å². The van der Waals surface area contributed by atoms with E-state index in [1.54, 1.807) is 55.6 Å². The SMILES string of the molecule is CCCC(=O)Nc1ccc(C=O)cc1.COc1ccc(CC(=O)O)cc1.NC1CCCCC1.NCCCCC(N)C(=O)O. The van der Waals surface area contributed by atoms with Gasteiger partial charge in [0.05, 0.1) is 13.5 Å². The number of carbonyl (C=O) groups is 4. The summed E-state index contributed by atoms with van der Waals surface area (Å²) in [5, 5.41) is 19.5. The van der Waals surface area contributed by atoms with Gasteiger partial charge in [-0.15, -0.1) is 0 Å². The van der Waals surface area contributed by atoms with Crippen LogP contribution in [0.3, 0.4) is 0 Å². The summed E-state index contributed by atoms with van der Waals surface area (Å²) in [6, 6.07) is 13.6. The Labute approximate surface area is 255 Å². The van der Waals surface area contributed by atoms with Gasteiger partial charge in [0.25, 0.3) is 0 Å². The van der Waals surface area contributed by atoms with Gasteiger partial charge >= 0.3 is 11.9 Å². The van der Waals surface area contributed by atoms with Gasteiger partial charge < -0.3 is 37.5 Å². The van der Waals surface area contributed by atoms with Crippen LogP contribution in [0.25, 0.3) is 0 Å². The molecule has 0 spiro atoms. The van der Waals surface area contributed by atoms with Crippen LogP contribution in [0.5, 0.6) is 5.75 Å². The third-order valence-corrected chi connectivity index (χ3v) is 6.26. The quantitative estimate of drug-likeness (QED) is 0.149. The molecule has 2 aromatic rings. The van der Waals surface area contributed by atoms with Gasteiger partial charge in [-0.2, -0.15) is 0 Å². The van der Waals surface area contributed by atoms with Crippen LogP contribution in [0.4, 0.5) is 5.69 Å². The molecule has 0 saturated heterocycles. The van der Waals surface area contributed by atoms with E-state index in [2.05, 4.69) is 5.32 Å². The van der Waals surface area contributed by atoms with E-state index in [-0.39, 0.29) is 12.3 Å². The van der Waals surface area contributed by atoms with E-state index < -0.39 is 18.0 Å². The maximum Gasteiger partial charge on any atom is 0.320 e. The van der Waals surface area contributed by atoms with Crippen LogP contribution in [0.15, 0.2) is 48.5 Å². The molecular weight excluding hydrogens is 552 g/mol. The van der Waals surface area contributed by atoms with Crippen molar-refractivity contribution in [2.75, 3.05) is 19.0 Å². The van der Waals surface area contributed by atoms with E-state index in [9.17, 15) is 19.2 Å². The molecule has 1 saturated carbocycles. The Morgan fingerprint density at radius 1 is 1.00 bits per heavy atom. The fourth-order valence-electron chi connectivity index (χ4n) is 3.78. The Morgan fingerprint density at radius 2 is 1.60 bits per heavy atom. The molecule has 1 aliphatic rings. The minimum absolute atomic E-state index is 0.00588. The number of aldehydes is 1. The Bertz CT molecular complexity index is 1040. The fourth-order valence-corrected chi connectivity index (χ4v) is 3.78. The predicted molar refractivity (Wildman–Crippen MR) is 169 cm³/mol. The van der Waals surface area contributed by atoms with Gasteiger partial charge in [0, 0.05) is 23.7 Å². The van der Waals surface area contributed by atoms with E-state index in [4.69, 9.17) is 32.2 Å². The number of benzene rings is 2. The summed E-state index contributed by atoms with van der Waals surface area (Å²) < 4.78 is 4.93. The van der Waals surface area contributed by atoms with E-state index in [0.717, 1.165) is 42.5 Å². The molecule has 1 aliphatic carbocycles. The topological polar surface area (TPSA) is 208 Å². The van der Waals surface area contributed by atoms with Crippen LogP contribution in [-0.4, -0.2) is 60.1 Å². The number of hydrogen-bond donors (Lipinski definition) is 6. The molecule has 1 unspecified atom stereocenters. The van der Waals surface area contributed by atoms with Gasteiger partial charge in [-0.05, 0) is 80.6 Å². The van der Waals surface area contributed by atoms with E-state index >= 15 is 0 Å². The summed E-state index contributed by atoms with van der Waals surface area (Å²) in [4.78, 5) is 42.0. The zero-order valence-corrected chi connectivity index (χ0v) is 25.5. The number of amides is 1. The number of carboxylic acid groups (broad SMARTS) is 2. The lowest BCUT2D eigenvalue weighted by Crippen LogP contribution is -2.29. The number of nitrogens with one attached hydrogen (secondary N) is 1. The molecule has 9 N–H and O–H groups in total. The lowest BCUT2D eigenvalue weighted by molar-refractivity contribution is -0.139. The summed E-state index contributed by atoms with van der Waals surface area (Å²) >= 11 is 0. The Kier molecular flexibility index (Phi) is 22.6. The van der Waals surface area contributed by atoms with Crippen molar-refractivity contribution < 1.29 is 34.1 Å². The Morgan fingerprint density at radius 3 is 2.02 bits per heavy atom. The molecule has 1 amide bonds. The van der Waals surface area contributed by atoms with Crippen LogP contribution < -0.4 is 27.3 Å². The zero-order valence-electron chi connectivity index (χ0n) is 25.5. The highest BCUT2D eigenvalue weighted by Gasteiger charge is 2.09. The van der Waals surface area contributed by atoms with Crippen molar-refractivity contribution in [1.82, 2.24) is 0 Å². The molecule has 43 heavy (non-hydrogen) atoms. The molecule has 2 aromatic carbocycles. The summed E-state index contributed by atoms with van der Waals surface area (Å²) in [6.07, 6.45) is 11.0. The average Bonchev–Trinajstić information content (AvgIpc) is 2.99. The standard InChI is InChI=1S/C11H13NO2.C9H10O3.C6H14N2O2.C6H13N/c1-2-3-11(14)12-10-6-4-9(8-13)5-7-10;1-12-8-4-2-7(3-5-8)6-9(10)11;7-4-2-1-3-5(8)6(9)10;7-6-4-2-1-3-5-6/h4-8H,2-3H2,1H3,(H,12,14);2-5H,6H2,1H3,(H,10,11);5H,1-4,7-8H2,(H,9,10);6H,1-5,7H2. The van der Waals surface area contributed by atoms with E-state index in [1.807, 2.05) is 6.92 Å². The first kappa shape index (κ1) is 39.2. The first-order valence-electron chi connectivity index (χ1n) is 14.7. The van der Waals surface area contributed by atoms with Gasteiger partial charge in [0.15, 0.2) is 0 Å². The molecule has 0 aromatic heterocycles. The van der Waals surface area contributed by atoms with Gasteiger partial charge in [-0.25, -0.2) is 0 Å². The largest absolute Gasteiger partial charge is 0.497 e. The van der Waals surface area contributed by atoms with Crippen molar-refractivity contribution in [3.63, 3.8) is 0 Å². The number of nitrogens with two attached hydrogens (primary N) is 3. The minimum atomic E-state index is -0.933. The predicted octanol–water partition coefficient (Wildman–Crippen LogP) is 4.37. The Balaban J connectivity index is 0.000000562. The number of hydrogen-bond acceptors (Lipinski definition) is 8. The number of rotatable bonds is 12. The smallest absolute Gasteiger partial charge is 0.320 e. The highest BCUT2D eigenvalue weighted by molar-refractivity contribution is 5.91. The summed E-state index contributed by atoms with van der Waals surface area (Å²) in [5.41, 5.74) is 18.2. The second-order valence-electron chi connectivity index (χ2n) is 10.1. The Hall–Kier alpha value is -3.80. The maximum absolute atomic E-state index is 11.2. The summed E-state index contributed by atoms with van der Waals surface area (Å²) in [5.74, 6) is -1.01. The number of aliphatic carboxylic acids is 2. The number of anilines is 1. The molecule has 3 rings (SSSR count). The first-order chi connectivity index (χ1) is 20.6. The lowest BCUT2D eigenvalue weighted by Gasteiger charge is -2.15. The second kappa shape index (κ2) is 24.8. The maximum atomic E-state index is 11.2. The second-order valence-corrected chi connectivity index (χ2v) is 10.1. The molecular formula is C32H50N4O7. The van der Waals surface area contributed by atoms with Crippen molar-refractivity contribution in [2.45, 2.75) is 89.6 Å². The van der Waals surface area contributed by atoms with Gasteiger partial charge in [-0.3, -0.25) is 19.2 Å². The number of ether oxygens (including phenoxy) is 1. The molecule has 0 bridgehead atoms. The highest BCUT2D eigenvalue weighted by atomic mass is 16.5. The van der Waals surface area contributed by atoms with E-state index in [1.165, 1.54) is 32.1 Å². The molecule has 0 radical (unpaired) electrons. The normalized spacial score (nSPS) is 12.9. The molecule has 1 fully saturated rings. The van der Waals surface area contributed by atoms with Crippen molar-refractivity contribution in [3.05, 3.63) is 59.7 Å². The van der Waals surface area contributed by atoms with Crippen molar-refractivity contribution in [1.29, 1.82) is 0 Å². The van der Waals surface area contributed by atoms with Crippen LogP contribution in [-0.2, 0) is 20.8 Å². The van der Waals surface area contributed by atoms with Gasteiger partial charge in [0.2, 0.25) is 5.91 Å². The van der Waals surface area contributed by atoms with Crippen LogP contribution in [0.2, 0.25) is 0 Å². The number of unbranched alkanes of at least 4 members (excludes halogenated alkanes) is 1. The van der Waals surface area contributed by atoms with Crippen molar-refractivity contribution in [3.8, 4) is 5.75 Å². The molecule has 240 valence electrons. The van der Waals surface area contributed by atoms with Gasteiger partial charge in [-0.1, -0.05) is 44.7 Å². The molecule has 0 heterocycles. The zero-order chi connectivity index (χ0) is 32.5. The third kappa shape index (κ3) is 21.5. The minimum Gasteiger partial charge on any atom is -0.497 e. The number of carbonyl (C=O) groups excluding carboxylic acids is 2. The average molecular weight is 603 g/mol. The van der Waals surface area contributed by atoms with E-state index in [0.29, 0.717) is 31.0 Å². The number of carboxylic acids is 2. The fraction of sp³-hybridized carbons (Fsp3) is 0.500. The monoisotopic (exact) mass is 602 g/mol. The van der Waals surface area contributed by atoms with Crippen molar-refractivity contribution in [2.24, 2.45) is 17.2 Å². The highest BCUT2D eigenvalue weighted by Crippen LogP contribution is 2.15. The third-order valence-electron chi connectivity index (χ3n) is 6.26. The molecule has 11 nitrogen and oxygen atoms in total. The first-order valence-corrected chi connectivity index (χ1v) is 14.7. The molecule has 0 aliphatic heterocycles. The lowest BCUT2D eigenvalue weighted by atomic mass is 9.97.